The van der Waals surface area contributed by atoms with Crippen LogP contribution in [0.3, 0.4) is 0 Å². The maximum absolute atomic E-state index is 11.9. The van der Waals surface area contributed by atoms with Crippen LogP contribution in [-0.2, 0) is 15.9 Å². The van der Waals surface area contributed by atoms with Crippen molar-refractivity contribution in [1.82, 2.24) is 9.80 Å². The van der Waals surface area contributed by atoms with Crippen LogP contribution in [0.4, 0.5) is 9.59 Å². The number of rotatable bonds is 11. The monoisotopic (exact) mass is 472 g/mol. The van der Waals surface area contributed by atoms with E-state index in [-0.39, 0.29) is 13.5 Å². The fraction of sp³-hybridized carbons (Fsp3) is 0.462. The van der Waals surface area contributed by atoms with Gasteiger partial charge in [-0.25, -0.2) is 9.59 Å². The third-order valence-corrected chi connectivity index (χ3v) is 5.30. The van der Waals surface area contributed by atoms with Crippen molar-refractivity contribution in [3.8, 4) is 22.6 Å². The molecule has 0 aliphatic rings. The summed E-state index contributed by atoms with van der Waals surface area (Å²) in [7, 11) is 5.86. The van der Waals surface area contributed by atoms with Crippen molar-refractivity contribution >= 4 is 12.2 Å². The van der Waals surface area contributed by atoms with Crippen molar-refractivity contribution in [1.29, 1.82) is 0 Å². The van der Waals surface area contributed by atoms with Crippen LogP contribution >= 0.6 is 0 Å². The van der Waals surface area contributed by atoms with E-state index in [2.05, 4.69) is 6.92 Å². The van der Waals surface area contributed by atoms with Gasteiger partial charge in [0.05, 0.1) is 19.8 Å². The van der Waals surface area contributed by atoms with Crippen LogP contribution in [0.1, 0.15) is 37.3 Å². The molecule has 0 saturated carbocycles. The van der Waals surface area contributed by atoms with Gasteiger partial charge in [0.1, 0.15) is 11.5 Å². The van der Waals surface area contributed by atoms with Crippen molar-refractivity contribution in [3.05, 3.63) is 47.5 Å². The molecule has 0 unspecified atom stereocenters. The van der Waals surface area contributed by atoms with Crippen molar-refractivity contribution in [2.75, 3.05) is 41.8 Å². The van der Waals surface area contributed by atoms with Gasteiger partial charge in [-0.05, 0) is 43.0 Å². The number of hydrogen-bond donors (Lipinski definition) is 0. The van der Waals surface area contributed by atoms with Gasteiger partial charge in [-0.1, -0.05) is 49.6 Å². The fourth-order valence-electron chi connectivity index (χ4n) is 3.43. The lowest BCUT2D eigenvalue weighted by molar-refractivity contribution is 0.0967. The zero-order valence-electron chi connectivity index (χ0n) is 21.1. The summed E-state index contributed by atoms with van der Waals surface area (Å²) in [5.41, 5.74) is 3.79. The number of hydrogen-bond acceptors (Lipinski definition) is 6. The van der Waals surface area contributed by atoms with E-state index in [4.69, 9.17) is 18.9 Å². The molecule has 0 bridgehead atoms. The van der Waals surface area contributed by atoms with E-state index in [9.17, 15) is 9.59 Å². The Balaban J connectivity index is 2.51. The molecule has 2 rings (SSSR count). The van der Waals surface area contributed by atoms with Gasteiger partial charge in [-0.3, -0.25) is 9.80 Å². The maximum atomic E-state index is 11.9. The van der Waals surface area contributed by atoms with Crippen LogP contribution in [0.15, 0.2) is 36.4 Å². The Morgan fingerprint density at radius 3 is 1.88 bits per heavy atom. The summed E-state index contributed by atoms with van der Waals surface area (Å²) in [5, 5.41) is 0. The molecule has 2 amide bonds. The topological polar surface area (TPSA) is 77.5 Å². The third-order valence-electron chi connectivity index (χ3n) is 5.30. The molecular weight excluding hydrogens is 436 g/mol. The average molecular weight is 473 g/mol. The van der Waals surface area contributed by atoms with E-state index in [1.807, 2.05) is 43.3 Å². The average Bonchev–Trinajstić information content (AvgIpc) is 2.84. The highest BCUT2D eigenvalue weighted by molar-refractivity contribution is 5.78. The fourth-order valence-corrected chi connectivity index (χ4v) is 3.43. The number of methoxy groups -OCH3 is 2. The molecule has 0 aliphatic carbocycles. The molecule has 0 N–H and O–H groups in total. The third kappa shape index (κ3) is 7.57. The predicted octanol–water partition coefficient (Wildman–Crippen LogP) is 5.46. The molecule has 0 aliphatic heterocycles. The Morgan fingerprint density at radius 1 is 0.853 bits per heavy atom. The van der Waals surface area contributed by atoms with E-state index < -0.39 is 12.2 Å². The number of ether oxygens (including phenoxy) is 4. The molecule has 0 saturated heterocycles. The number of carbonyl (C=O) groups excluding carboxylic acids is 2. The molecular formula is C26H36N2O6. The summed E-state index contributed by atoms with van der Waals surface area (Å²) < 4.78 is 21.8. The largest absolute Gasteiger partial charge is 0.472 e. The van der Waals surface area contributed by atoms with Gasteiger partial charge in [0.15, 0.2) is 13.5 Å². The first-order valence-corrected chi connectivity index (χ1v) is 11.4. The highest BCUT2D eigenvalue weighted by atomic mass is 16.6. The Kier molecular flexibility index (Phi) is 10.5. The summed E-state index contributed by atoms with van der Waals surface area (Å²) in [6.45, 7) is 4.19. The second kappa shape index (κ2) is 13.3. The smallest absolute Gasteiger partial charge is 0.411 e. The van der Waals surface area contributed by atoms with Gasteiger partial charge in [-0.15, -0.1) is 0 Å². The summed E-state index contributed by atoms with van der Waals surface area (Å²) in [6, 6.07) is 12.0. The van der Waals surface area contributed by atoms with Crippen LogP contribution in [-0.4, -0.2) is 63.8 Å². The van der Waals surface area contributed by atoms with Gasteiger partial charge in [0, 0.05) is 14.1 Å². The normalized spacial score (nSPS) is 10.4. The van der Waals surface area contributed by atoms with Crippen LogP contribution in [0.2, 0.25) is 0 Å². The van der Waals surface area contributed by atoms with Crippen molar-refractivity contribution in [2.45, 2.75) is 39.5 Å². The molecule has 0 aromatic heterocycles. The second-order valence-electron chi connectivity index (χ2n) is 8.18. The molecule has 186 valence electrons. The SMILES string of the molecule is CCCCCc1cc(OCN(C)C(=O)OC)c(-c2cccc(C)c2)c(OCN(C)C(=O)OC)c1. The van der Waals surface area contributed by atoms with E-state index in [1.165, 1.54) is 24.0 Å². The standard InChI is InChI=1S/C26H36N2O6/c1-7-8-9-12-20-15-22(33-17-27(3)25(29)31-5)24(21-13-10-11-19(2)14-21)23(16-20)34-18-28(4)26(30)32-6/h10-11,13-16H,7-9,12,17-18H2,1-6H3. The lowest BCUT2D eigenvalue weighted by Crippen LogP contribution is -2.31. The number of benzene rings is 2. The zero-order chi connectivity index (χ0) is 25.1. The maximum Gasteiger partial charge on any atom is 0.411 e. The van der Waals surface area contributed by atoms with Crippen LogP contribution < -0.4 is 9.47 Å². The molecule has 0 heterocycles. The van der Waals surface area contributed by atoms with Gasteiger partial charge in [-0.2, -0.15) is 0 Å². The molecule has 0 atom stereocenters. The van der Waals surface area contributed by atoms with Gasteiger partial charge >= 0.3 is 12.2 Å². The van der Waals surface area contributed by atoms with Gasteiger partial charge in [0.2, 0.25) is 0 Å². The minimum atomic E-state index is -0.493. The predicted molar refractivity (Wildman–Crippen MR) is 131 cm³/mol. The van der Waals surface area contributed by atoms with Crippen molar-refractivity contribution in [3.63, 3.8) is 0 Å². The van der Waals surface area contributed by atoms with Crippen molar-refractivity contribution in [2.24, 2.45) is 0 Å². The molecule has 8 nitrogen and oxygen atoms in total. The number of amides is 2. The Hall–Kier alpha value is -3.42. The highest BCUT2D eigenvalue weighted by Gasteiger charge is 2.19. The number of nitrogens with zero attached hydrogens (tertiary/aromatic N) is 2. The first kappa shape index (κ1) is 26.8. The van der Waals surface area contributed by atoms with Crippen LogP contribution in [0.5, 0.6) is 11.5 Å². The lowest BCUT2D eigenvalue weighted by Gasteiger charge is -2.23. The highest BCUT2D eigenvalue weighted by Crippen LogP contribution is 2.41. The van der Waals surface area contributed by atoms with Gasteiger partial charge in [0.25, 0.3) is 0 Å². The van der Waals surface area contributed by atoms with E-state index in [0.29, 0.717) is 11.5 Å². The Labute approximate surface area is 202 Å². The second-order valence-corrected chi connectivity index (χ2v) is 8.18. The molecule has 2 aromatic carbocycles. The van der Waals surface area contributed by atoms with Crippen LogP contribution in [0, 0.1) is 6.92 Å². The minimum Gasteiger partial charge on any atom is -0.472 e. The Morgan fingerprint density at radius 2 is 1.41 bits per heavy atom. The first-order valence-electron chi connectivity index (χ1n) is 11.4. The number of carbonyl (C=O) groups is 2. The minimum absolute atomic E-state index is 0.00536. The molecule has 0 radical (unpaired) electrons. The van der Waals surface area contributed by atoms with E-state index in [0.717, 1.165) is 47.9 Å². The Bertz CT molecular complexity index is 915. The molecule has 34 heavy (non-hydrogen) atoms. The molecule has 8 heteroatoms. The zero-order valence-corrected chi connectivity index (χ0v) is 21.1. The van der Waals surface area contributed by atoms with E-state index in [1.54, 1.807) is 14.1 Å². The lowest BCUT2D eigenvalue weighted by atomic mass is 9.97. The van der Waals surface area contributed by atoms with Gasteiger partial charge < -0.3 is 18.9 Å². The van der Waals surface area contributed by atoms with Crippen LogP contribution in [0.25, 0.3) is 11.1 Å². The summed E-state index contributed by atoms with van der Waals surface area (Å²) in [5.74, 6) is 1.18. The first-order chi connectivity index (χ1) is 16.3. The number of unbranched alkanes of at least 4 members (excludes halogenated alkanes) is 2. The van der Waals surface area contributed by atoms with Crippen molar-refractivity contribution < 1.29 is 28.5 Å². The molecule has 0 fully saturated rings. The summed E-state index contributed by atoms with van der Waals surface area (Å²) in [4.78, 5) is 26.4. The summed E-state index contributed by atoms with van der Waals surface area (Å²) in [6.07, 6.45) is 3.13. The summed E-state index contributed by atoms with van der Waals surface area (Å²) >= 11 is 0. The van der Waals surface area contributed by atoms with E-state index >= 15 is 0 Å². The number of aryl methyl sites for hydroxylation is 2. The molecule has 2 aromatic rings. The quantitative estimate of drug-likeness (QED) is 0.319. The molecule has 0 spiro atoms.